The minimum atomic E-state index is -0.260. The van der Waals surface area contributed by atoms with Crippen LogP contribution < -0.4 is 5.32 Å². The van der Waals surface area contributed by atoms with E-state index < -0.39 is 0 Å². The number of carbonyl (C=O) groups is 2. The minimum absolute atomic E-state index is 0.0400. The number of aryl methyl sites for hydroxylation is 1. The highest BCUT2D eigenvalue weighted by Crippen LogP contribution is 2.25. The van der Waals surface area contributed by atoms with E-state index in [-0.39, 0.29) is 11.7 Å². The Bertz CT molecular complexity index is 844. The van der Waals surface area contributed by atoms with E-state index in [2.05, 4.69) is 34.0 Å². The van der Waals surface area contributed by atoms with E-state index >= 15 is 0 Å². The SMILES string of the molecule is CC(=O)c1c(C)[nH]c(C(=O)Nc2nc(CN3CC(C)CC(C)C3)cs2)c1C. The lowest BCUT2D eigenvalue weighted by Gasteiger charge is -2.34. The van der Waals surface area contributed by atoms with Crippen LogP contribution in [0.3, 0.4) is 0 Å². The van der Waals surface area contributed by atoms with E-state index in [4.69, 9.17) is 0 Å². The molecule has 7 heteroatoms. The zero-order valence-electron chi connectivity index (χ0n) is 16.7. The van der Waals surface area contributed by atoms with Crippen LogP contribution in [0.5, 0.6) is 0 Å². The largest absolute Gasteiger partial charge is 0.354 e. The minimum Gasteiger partial charge on any atom is -0.354 e. The van der Waals surface area contributed by atoms with Crippen molar-refractivity contribution >= 4 is 28.2 Å². The van der Waals surface area contributed by atoms with Gasteiger partial charge in [0.15, 0.2) is 10.9 Å². The highest BCUT2D eigenvalue weighted by atomic mass is 32.1. The van der Waals surface area contributed by atoms with E-state index in [0.29, 0.717) is 33.8 Å². The van der Waals surface area contributed by atoms with Crippen LogP contribution >= 0.6 is 11.3 Å². The molecular formula is C20H28N4O2S. The molecule has 2 unspecified atom stereocenters. The van der Waals surface area contributed by atoms with Gasteiger partial charge in [0, 0.05) is 36.3 Å². The van der Waals surface area contributed by atoms with Gasteiger partial charge in [0.1, 0.15) is 5.69 Å². The smallest absolute Gasteiger partial charge is 0.274 e. The average molecular weight is 389 g/mol. The molecule has 2 N–H and O–H groups in total. The summed E-state index contributed by atoms with van der Waals surface area (Å²) in [5.41, 5.74) is 3.41. The van der Waals surface area contributed by atoms with E-state index in [1.807, 2.05) is 12.3 Å². The maximum atomic E-state index is 12.6. The number of amides is 1. The lowest BCUT2D eigenvalue weighted by atomic mass is 9.92. The molecule has 1 saturated heterocycles. The molecule has 3 rings (SSSR count). The maximum absolute atomic E-state index is 12.6. The summed E-state index contributed by atoms with van der Waals surface area (Å²) in [6.45, 7) is 12.7. The van der Waals surface area contributed by atoms with Crippen molar-refractivity contribution in [3.63, 3.8) is 0 Å². The van der Waals surface area contributed by atoms with Gasteiger partial charge in [0.25, 0.3) is 5.91 Å². The number of anilines is 1. The number of nitrogens with one attached hydrogen (secondary N) is 2. The van der Waals surface area contributed by atoms with Gasteiger partial charge in [-0.3, -0.25) is 19.8 Å². The van der Waals surface area contributed by atoms with Crippen molar-refractivity contribution in [1.82, 2.24) is 14.9 Å². The quantitative estimate of drug-likeness (QED) is 0.758. The van der Waals surface area contributed by atoms with Gasteiger partial charge in [-0.1, -0.05) is 13.8 Å². The monoisotopic (exact) mass is 388 g/mol. The summed E-state index contributed by atoms with van der Waals surface area (Å²) in [5, 5.41) is 5.46. The molecular weight excluding hydrogens is 360 g/mol. The second-order valence-electron chi connectivity index (χ2n) is 7.92. The average Bonchev–Trinajstić information content (AvgIpc) is 3.10. The molecule has 2 aromatic rings. The summed E-state index contributed by atoms with van der Waals surface area (Å²) in [6, 6.07) is 0. The number of aromatic amines is 1. The van der Waals surface area contributed by atoms with Gasteiger partial charge >= 0.3 is 0 Å². The normalized spacial score (nSPS) is 20.6. The molecule has 0 radical (unpaired) electrons. The van der Waals surface area contributed by atoms with Crippen LogP contribution in [-0.2, 0) is 6.54 Å². The first-order valence-corrected chi connectivity index (χ1v) is 10.3. The molecule has 146 valence electrons. The predicted octanol–water partition coefficient (Wildman–Crippen LogP) is 4.02. The Hall–Kier alpha value is -1.99. The van der Waals surface area contributed by atoms with E-state index in [0.717, 1.165) is 31.0 Å². The zero-order valence-corrected chi connectivity index (χ0v) is 17.5. The van der Waals surface area contributed by atoms with E-state index in [1.165, 1.54) is 24.7 Å². The molecule has 2 atom stereocenters. The van der Waals surface area contributed by atoms with Gasteiger partial charge in [-0.25, -0.2) is 4.98 Å². The predicted molar refractivity (Wildman–Crippen MR) is 109 cm³/mol. The third-order valence-corrected chi connectivity index (χ3v) is 5.93. The molecule has 0 aromatic carbocycles. The number of H-pyrrole nitrogens is 1. The lowest BCUT2D eigenvalue weighted by molar-refractivity contribution is 0.101. The lowest BCUT2D eigenvalue weighted by Crippen LogP contribution is -2.38. The summed E-state index contributed by atoms with van der Waals surface area (Å²) >= 11 is 1.44. The van der Waals surface area contributed by atoms with Crippen LogP contribution in [0.25, 0.3) is 0 Å². The second-order valence-corrected chi connectivity index (χ2v) is 8.78. The molecule has 1 aliphatic rings. The second kappa shape index (κ2) is 7.94. The Morgan fingerprint density at radius 3 is 2.56 bits per heavy atom. The Morgan fingerprint density at radius 2 is 1.96 bits per heavy atom. The Kier molecular flexibility index (Phi) is 5.81. The number of hydrogen-bond donors (Lipinski definition) is 2. The van der Waals surface area contributed by atoms with Crippen molar-refractivity contribution in [2.75, 3.05) is 18.4 Å². The van der Waals surface area contributed by atoms with Gasteiger partial charge in [-0.05, 0) is 44.6 Å². The number of aromatic nitrogens is 2. The first-order valence-electron chi connectivity index (χ1n) is 9.42. The van der Waals surface area contributed by atoms with Gasteiger partial charge < -0.3 is 4.98 Å². The summed E-state index contributed by atoms with van der Waals surface area (Å²) in [7, 11) is 0. The molecule has 0 bridgehead atoms. The molecule has 1 fully saturated rings. The number of piperidine rings is 1. The number of carbonyl (C=O) groups excluding carboxylic acids is 2. The standard InChI is InChI=1S/C20H28N4O2S/c1-11-6-12(2)8-24(7-11)9-16-10-27-20(22-16)23-19(26)18-13(3)17(15(5)25)14(4)21-18/h10-12,21H,6-9H2,1-5H3,(H,22,23,26). The Labute approximate surface area is 164 Å². The molecule has 1 aliphatic heterocycles. The van der Waals surface area contributed by atoms with Crippen molar-refractivity contribution in [2.24, 2.45) is 11.8 Å². The topological polar surface area (TPSA) is 78.1 Å². The molecule has 6 nitrogen and oxygen atoms in total. The number of Topliss-reactive ketones (excluding diaryl/α,β-unsaturated/α-hetero) is 1. The Balaban J connectivity index is 1.66. The molecule has 0 aliphatic carbocycles. The van der Waals surface area contributed by atoms with Crippen molar-refractivity contribution in [3.05, 3.63) is 33.6 Å². The maximum Gasteiger partial charge on any atom is 0.274 e. The van der Waals surface area contributed by atoms with Crippen molar-refractivity contribution in [2.45, 2.75) is 47.6 Å². The Morgan fingerprint density at radius 1 is 1.30 bits per heavy atom. The number of hydrogen-bond acceptors (Lipinski definition) is 5. The number of likely N-dealkylation sites (tertiary alicyclic amines) is 1. The fraction of sp³-hybridized carbons (Fsp3) is 0.550. The number of nitrogens with zero attached hydrogens (tertiary/aromatic N) is 2. The highest BCUT2D eigenvalue weighted by Gasteiger charge is 2.23. The zero-order chi connectivity index (χ0) is 19.7. The molecule has 0 saturated carbocycles. The van der Waals surface area contributed by atoms with Crippen LogP contribution in [0.4, 0.5) is 5.13 Å². The van der Waals surface area contributed by atoms with Crippen molar-refractivity contribution in [3.8, 4) is 0 Å². The molecule has 27 heavy (non-hydrogen) atoms. The van der Waals surface area contributed by atoms with Crippen molar-refractivity contribution in [1.29, 1.82) is 0 Å². The molecule has 1 amide bonds. The van der Waals surface area contributed by atoms with Gasteiger partial charge in [-0.2, -0.15) is 0 Å². The number of rotatable bonds is 5. The summed E-state index contributed by atoms with van der Waals surface area (Å²) < 4.78 is 0. The van der Waals surface area contributed by atoms with Crippen LogP contribution in [0.1, 0.15) is 65.0 Å². The summed E-state index contributed by atoms with van der Waals surface area (Å²) in [4.78, 5) is 34.4. The van der Waals surface area contributed by atoms with E-state index in [9.17, 15) is 9.59 Å². The highest BCUT2D eigenvalue weighted by molar-refractivity contribution is 7.13. The van der Waals surface area contributed by atoms with Crippen LogP contribution in [-0.4, -0.2) is 39.6 Å². The molecule has 2 aromatic heterocycles. The summed E-state index contributed by atoms with van der Waals surface area (Å²) in [5.74, 6) is 1.12. The van der Waals surface area contributed by atoms with Crippen molar-refractivity contribution < 1.29 is 9.59 Å². The van der Waals surface area contributed by atoms with Crippen LogP contribution in [0, 0.1) is 25.7 Å². The van der Waals surface area contributed by atoms with Crippen LogP contribution in [0.15, 0.2) is 5.38 Å². The first-order chi connectivity index (χ1) is 12.7. The third-order valence-electron chi connectivity index (χ3n) is 5.12. The van der Waals surface area contributed by atoms with E-state index in [1.54, 1.807) is 6.92 Å². The van der Waals surface area contributed by atoms with Gasteiger partial charge in [0.05, 0.1) is 5.69 Å². The van der Waals surface area contributed by atoms with Gasteiger partial charge in [-0.15, -0.1) is 11.3 Å². The third kappa shape index (κ3) is 4.47. The molecule has 0 spiro atoms. The molecule has 3 heterocycles. The fourth-order valence-corrected chi connectivity index (χ4v) is 4.95. The summed E-state index contributed by atoms with van der Waals surface area (Å²) in [6.07, 6.45) is 1.28. The first kappa shape index (κ1) is 19.8. The number of thiazole rings is 1. The van der Waals surface area contributed by atoms with Gasteiger partial charge in [0.2, 0.25) is 0 Å². The van der Waals surface area contributed by atoms with Crippen LogP contribution in [0.2, 0.25) is 0 Å². The fourth-order valence-electron chi connectivity index (χ4n) is 4.25. The number of ketones is 1.